The van der Waals surface area contributed by atoms with Crippen LogP contribution in [0.1, 0.15) is 11.1 Å². The van der Waals surface area contributed by atoms with Crippen LogP contribution in [0.15, 0.2) is 53.5 Å². The van der Waals surface area contributed by atoms with Crippen molar-refractivity contribution in [1.82, 2.24) is 0 Å². The average molecular weight is 435 g/mol. The molecule has 0 radical (unpaired) electrons. The monoisotopic (exact) mass is 434 g/mol. The van der Waals surface area contributed by atoms with Crippen LogP contribution in [-0.4, -0.2) is 42.3 Å². The second kappa shape index (κ2) is 7.54. The van der Waals surface area contributed by atoms with Gasteiger partial charge in [-0.05, 0) is 24.6 Å². The summed E-state index contributed by atoms with van der Waals surface area (Å²) in [6.07, 6.45) is 0.204. The van der Waals surface area contributed by atoms with E-state index in [2.05, 4.69) is 4.99 Å². The summed E-state index contributed by atoms with van der Waals surface area (Å²) in [7, 11) is -3.11. The van der Waals surface area contributed by atoms with Crippen molar-refractivity contribution in [2.24, 2.45) is 4.99 Å². The summed E-state index contributed by atoms with van der Waals surface area (Å²) in [6, 6.07) is 14.7. The first kappa shape index (κ1) is 19.5. The lowest BCUT2D eigenvalue weighted by molar-refractivity contribution is -0.117. The Labute approximate surface area is 173 Å². The van der Waals surface area contributed by atoms with E-state index in [0.717, 1.165) is 11.1 Å². The number of carbonyl (C=O) groups is 1. The van der Waals surface area contributed by atoms with Gasteiger partial charge in [-0.25, -0.2) is 8.42 Å². The Morgan fingerprint density at radius 3 is 2.75 bits per heavy atom. The molecule has 0 saturated carbocycles. The van der Waals surface area contributed by atoms with Crippen LogP contribution in [0.4, 0.5) is 5.69 Å². The highest BCUT2D eigenvalue weighted by molar-refractivity contribution is 8.16. The molecule has 2 heterocycles. The van der Waals surface area contributed by atoms with Gasteiger partial charge in [0, 0.05) is 5.25 Å². The molecule has 0 spiro atoms. The van der Waals surface area contributed by atoms with Crippen molar-refractivity contribution < 1.29 is 13.2 Å². The fourth-order valence-corrected chi connectivity index (χ4v) is 7.79. The van der Waals surface area contributed by atoms with Crippen molar-refractivity contribution in [3.05, 3.63) is 64.7 Å². The highest BCUT2D eigenvalue weighted by atomic mass is 35.5. The van der Waals surface area contributed by atoms with Gasteiger partial charge in [-0.1, -0.05) is 65.3 Å². The number of halogens is 1. The van der Waals surface area contributed by atoms with Gasteiger partial charge in [-0.15, -0.1) is 0 Å². The summed E-state index contributed by atoms with van der Waals surface area (Å²) in [5.41, 5.74) is 2.68. The van der Waals surface area contributed by atoms with E-state index < -0.39 is 9.84 Å². The highest BCUT2D eigenvalue weighted by Crippen LogP contribution is 2.42. The van der Waals surface area contributed by atoms with E-state index in [1.807, 2.05) is 54.3 Å². The minimum Gasteiger partial charge on any atom is -0.314 e. The number of amidine groups is 1. The molecular weight excluding hydrogens is 416 g/mol. The van der Waals surface area contributed by atoms with E-state index in [9.17, 15) is 13.2 Å². The number of hydrogen-bond acceptors (Lipinski definition) is 4. The third-order valence-corrected chi connectivity index (χ3v) is 8.37. The molecule has 8 heteroatoms. The third kappa shape index (κ3) is 3.97. The molecule has 2 aromatic rings. The largest absolute Gasteiger partial charge is 0.314 e. The molecule has 0 aliphatic carbocycles. The van der Waals surface area contributed by atoms with E-state index in [0.29, 0.717) is 15.9 Å². The average Bonchev–Trinajstić information content (AvgIpc) is 3.06. The predicted molar refractivity (Wildman–Crippen MR) is 115 cm³/mol. The molecule has 2 aliphatic heterocycles. The second-order valence-corrected chi connectivity index (χ2v) is 10.8. The van der Waals surface area contributed by atoms with Crippen LogP contribution in [0.25, 0.3) is 0 Å². The summed E-state index contributed by atoms with van der Waals surface area (Å²) >= 11 is 7.73. The van der Waals surface area contributed by atoms with Crippen molar-refractivity contribution in [1.29, 1.82) is 0 Å². The zero-order valence-electron chi connectivity index (χ0n) is 15.2. The topological polar surface area (TPSA) is 66.8 Å². The number of rotatable bonds is 3. The number of amides is 1. The maximum atomic E-state index is 12.6. The number of carbonyl (C=O) groups excluding carboxylic acids is 1. The Morgan fingerprint density at radius 1 is 1.21 bits per heavy atom. The molecule has 4 rings (SSSR count). The van der Waals surface area contributed by atoms with Gasteiger partial charge in [0.15, 0.2) is 15.0 Å². The van der Waals surface area contributed by atoms with Gasteiger partial charge < -0.3 is 4.90 Å². The van der Waals surface area contributed by atoms with Crippen LogP contribution in [0.5, 0.6) is 0 Å². The summed E-state index contributed by atoms with van der Waals surface area (Å²) in [6.45, 7) is 1.98. The Kier molecular flexibility index (Phi) is 5.24. The fraction of sp³-hybridized carbons (Fsp3) is 0.300. The molecule has 1 amide bonds. The van der Waals surface area contributed by atoms with E-state index in [4.69, 9.17) is 11.6 Å². The van der Waals surface area contributed by atoms with Gasteiger partial charge >= 0.3 is 0 Å². The smallest absolute Gasteiger partial charge is 0.252 e. The molecule has 0 N–H and O–H groups in total. The maximum absolute atomic E-state index is 12.6. The molecule has 2 fully saturated rings. The van der Waals surface area contributed by atoms with E-state index in [1.54, 1.807) is 6.07 Å². The Balaban J connectivity index is 1.66. The number of nitrogens with zero attached hydrogens (tertiary/aromatic N) is 2. The van der Waals surface area contributed by atoms with E-state index in [1.165, 1.54) is 11.8 Å². The Bertz CT molecular complexity index is 1070. The minimum absolute atomic E-state index is 0.0426. The van der Waals surface area contributed by atoms with Gasteiger partial charge in [0.2, 0.25) is 0 Å². The van der Waals surface area contributed by atoms with Gasteiger partial charge in [0.1, 0.15) is 0 Å². The maximum Gasteiger partial charge on any atom is 0.252 e. The van der Waals surface area contributed by atoms with Crippen LogP contribution in [0.3, 0.4) is 0 Å². The van der Waals surface area contributed by atoms with E-state index in [-0.39, 0.29) is 35.1 Å². The molecule has 0 bridgehead atoms. The van der Waals surface area contributed by atoms with Gasteiger partial charge in [-0.2, -0.15) is 4.99 Å². The SMILES string of the molecule is Cc1cccc(CC(=O)N=C2S[C@@H]3CS(=O)(=O)C[C@@H]3N2c2ccccc2Cl)c1. The molecule has 2 aliphatic rings. The Morgan fingerprint density at radius 2 is 2.00 bits per heavy atom. The predicted octanol–water partition coefficient (Wildman–Crippen LogP) is 3.49. The number of benzene rings is 2. The number of anilines is 1. The molecule has 146 valence electrons. The molecule has 2 aromatic carbocycles. The first-order chi connectivity index (χ1) is 13.3. The van der Waals surface area contributed by atoms with Gasteiger partial charge in [0.05, 0.1) is 34.7 Å². The normalized spacial score (nSPS) is 24.5. The van der Waals surface area contributed by atoms with Crippen LogP contribution >= 0.6 is 23.4 Å². The number of sulfone groups is 1. The fourth-order valence-electron chi connectivity index (χ4n) is 3.64. The van der Waals surface area contributed by atoms with Crippen LogP contribution in [-0.2, 0) is 21.1 Å². The third-order valence-electron chi connectivity index (χ3n) is 4.84. The first-order valence-corrected chi connectivity index (χ1v) is 12.0. The summed E-state index contributed by atoms with van der Waals surface area (Å²) in [5.74, 6) is -0.122. The zero-order valence-corrected chi connectivity index (χ0v) is 17.6. The molecule has 28 heavy (non-hydrogen) atoms. The number of aliphatic imine (C=N–C) groups is 1. The number of hydrogen-bond donors (Lipinski definition) is 0. The molecule has 2 atom stereocenters. The second-order valence-electron chi connectivity index (χ2n) is 7.08. The lowest BCUT2D eigenvalue weighted by atomic mass is 10.1. The van der Waals surface area contributed by atoms with Crippen molar-refractivity contribution in [2.75, 3.05) is 16.4 Å². The van der Waals surface area contributed by atoms with Crippen molar-refractivity contribution in [2.45, 2.75) is 24.6 Å². The molecule has 0 unspecified atom stereocenters. The van der Waals surface area contributed by atoms with Gasteiger partial charge in [-0.3, -0.25) is 4.79 Å². The highest BCUT2D eigenvalue weighted by Gasteiger charge is 2.49. The summed E-state index contributed by atoms with van der Waals surface area (Å²) < 4.78 is 24.3. The first-order valence-electron chi connectivity index (χ1n) is 8.90. The summed E-state index contributed by atoms with van der Waals surface area (Å²) in [5, 5.41) is 0.884. The Hall–Kier alpha value is -1.83. The van der Waals surface area contributed by atoms with Gasteiger partial charge in [0.25, 0.3) is 5.91 Å². The molecule has 0 aromatic heterocycles. The molecule has 5 nitrogen and oxygen atoms in total. The number of para-hydroxylation sites is 1. The van der Waals surface area contributed by atoms with Crippen LogP contribution < -0.4 is 4.90 Å². The number of aryl methyl sites for hydroxylation is 1. The minimum atomic E-state index is -3.11. The van der Waals surface area contributed by atoms with Crippen molar-refractivity contribution in [3.63, 3.8) is 0 Å². The number of thioether (sulfide) groups is 1. The van der Waals surface area contributed by atoms with Crippen LogP contribution in [0.2, 0.25) is 5.02 Å². The van der Waals surface area contributed by atoms with Crippen molar-refractivity contribution in [3.8, 4) is 0 Å². The lowest BCUT2D eigenvalue weighted by Gasteiger charge is -2.25. The standard InChI is InChI=1S/C20H19ClN2O3S2/c1-13-5-4-6-14(9-13)10-19(24)22-20-23(16-8-3-2-7-15(16)21)17-11-28(25,26)12-18(17)27-20/h2-9,17-18H,10-12H2,1H3/t17-,18+/m0/s1. The molecule has 2 saturated heterocycles. The zero-order chi connectivity index (χ0) is 19.9. The summed E-state index contributed by atoms with van der Waals surface area (Å²) in [4.78, 5) is 18.8. The quantitative estimate of drug-likeness (QED) is 0.739. The van der Waals surface area contributed by atoms with Crippen LogP contribution in [0, 0.1) is 6.92 Å². The van der Waals surface area contributed by atoms with Crippen molar-refractivity contribution >= 4 is 50.0 Å². The molecular formula is C20H19ClN2O3S2. The van der Waals surface area contributed by atoms with E-state index >= 15 is 0 Å². The lowest BCUT2D eigenvalue weighted by Crippen LogP contribution is -2.38. The number of fused-ring (bicyclic) bond motifs is 1.